The summed E-state index contributed by atoms with van der Waals surface area (Å²) >= 11 is 5.51. The van der Waals surface area contributed by atoms with Crippen molar-refractivity contribution in [3.8, 4) is 0 Å². The molecule has 0 bridgehead atoms. The SMILES string of the molecule is Cc1ccc(S(=O)(=O)N2CCN(C(=S)NCCN3CCOCC3)CC2)c(C)c1. The fourth-order valence-electron chi connectivity index (χ4n) is 3.62. The molecule has 0 aliphatic carbocycles. The van der Waals surface area contributed by atoms with Crippen molar-refractivity contribution in [3.63, 3.8) is 0 Å². The Bertz CT molecular complexity index is 786. The van der Waals surface area contributed by atoms with Crippen LogP contribution >= 0.6 is 12.2 Å². The summed E-state index contributed by atoms with van der Waals surface area (Å²) in [6.07, 6.45) is 0. The van der Waals surface area contributed by atoms with Gasteiger partial charge in [-0.1, -0.05) is 17.7 Å². The third-order valence-corrected chi connectivity index (χ3v) is 7.74. The van der Waals surface area contributed by atoms with Crippen LogP contribution in [0, 0.1) is 13.8 Å². The zero-order valence-electron chi connectivity index (χ0n) is 16.7. The average Bonchev–Trinajstić information content (AvgIpc) is 2.68. The van der Waals surface area contributed by atoms with Crippen LogP contribution in [0.25, 0.3) is 0 Å². The zero-order chi connectivity index (χ0) is 20.1. The van der Waals surface area contributed by atoms with Crippen molar-refractivity contribution in [2.75, 3.05) is 65.6 Å². The molecule has 7 nitrogen and oxygen atoms in total. The summed E-state index contributed by atoms with van der Waals surface area (Å²) in [6.45, 7) is 11.2. The van der Waals surface area contributed by atoms with Gasteiger partial charge in [-0.2, -0.15) is 4.31 Å². The summed E-state index contributed by atoms with van der Waals surface area (Å²) in [6, 6.07) is 5.48. The Balaban J connectivity index is 1.48. The number of hydrogen-bond acceptors (Lipinski definition) is 5. The Morgan fingerprint density at radius 1 is 1.11 bits per heavy atom. The maximum atomic E-state index is 13.0. The van der Waals surface area contributed by atoms with E-state index in [2.05, 4.69) is 15.1 Å². The predicted octanol–water partition coefficient (Wildman–Crippen LogP) is 0.816. The third kappa shape index (κ3) is 5.21. The summed E-state index contributed by atoms with van der Waals surface area (Å²) in [4.78, 5) is 4.81. The van der Waals surface area contributed by atoms with Crippen LogP contribution < -0.4 is 5.32 Å². The molecule has 2 heterocycles. The minimum Gasteiger partial charge on any atom is -0.379 e. The highest BCUT2D eigenvalue weighted by Crippen LogP contribution is 2.22. The number of ether oxygens (including phenoxy) is 1. The van der Waals surface area contributed by atoms with Crippen LogP contribution in [0.4, 0.5) is 0 Å². The largest absolute Gasteiger partial charge is 0.379 e. The number of morpholine rings is 1. The summed E-state index contributed by atoms with van der Waals surface area (Å²) in [5.41, 5.74) is 1.86. The number of aryl methyl sites for hydroxylation is 2. The van der Waals surface area contributed by atoms with E-state index in [1.165, 1.54) is 0 Å². The van der Waals surface area contributed by atoms with Gasteiger partial charge in [0.05, 0.1) is 18.1 Å². The second-order valence-electron chi connectivity index (χ2n) is 7.35. The molecule has 0 saturated carbocycles. The molecule has 28 heavy (non-hydrogen) atoms. The minimum absolute atomic E-state index is 0.401. The molecule has 2 fully saturated rings. The van der Waals surface area contributed by atoms with E-state index in [1.54, 1.807) is 10.4 Å². The summed E-state index contributed by atoms with van der Waals surface area (Å²) < 4.78 is 32.9. The van der Waals surface area contributed by atoms with Gasteiger partial charge in [0.1, 0.15) is 0 Å². The molecule has 0 spiro atoms. The Morgan fingerprint density at radius 2 is 1.79 bits per heavy atom. The summed E-state index contributed by atoms with van der Waals surface area (Å²) in [5.74, 6) is 0. The van der Waals surface area contributed by atoms with E-state index in [1.807, 2.05) is 26.0 Å². The molecule has 1 N–H and O–H groups in total. The molecule has 0 amide bonds. The van der Waals surface area contributed by atoms with Crippen molar-refractivity contribution in [1.82, 2.24) is 19.4 Å². The summed E-state index contributed by atoms with van der Waals surface area (Å²) in [5, 5.41) is 4.01. The Labute approximate surface area is 173 Å². The molecule has 1 aromatic carbocycles. The van der Waals surface area contributed by atoms with Gasteiger partial charge in [-0.3, -0.25) is 4.90 Å². The number of thiocarbonyl (C=S) groups is 1. The lowest BCUT2D eigenvalue weighted by Crippen LogP contribution is -2.53. The van der Waals surface area contributed by atoms with Crippen molar-refractivity contribution in [2.45, 2.75) is 18.7 Å². The molecule has 0 unspecified atom stereocenters. The Morgan fingerprint density at radius 3 is 2.43 bits per heavy atom. The number of hydrogen-bond donors (Lipinski definition) is 1. The van der Waals surface area contributed by atoms with E-state index in [0.29, 0.717) is 36.2 Å². The van der Waals surface area contributed by atoms with Crippen LogP contribution in [0.1, 0.15) is 11.1 Å². The molecule has 0 aromatic heterocycles. The van der Waals surface area contributed by atoms with Gasteiger partial charge in [-0.05, 0) is 37.7 Å². The van der Waals surface area contributed by atoms with E-state index in [-0.39, 0.29) is 0 Å². The minimum atomic E-state index is -3.47. The lowest BCUT2D eigenvalue weighted by molar-refractivity contribution is 0.0388. The molecule has 0 radical (unpaired) electrons. The van der Waals surface area contributed by atoms with E-state index in [9.17, 15) is 8.42 Å². The number of benzene rings is 1. The monoisotopic (exact) mass is 426 g/mol. The second kappa shape index (κ2) is 9.49. The van der Waals surface area contributed by atoms with Gasteiger partial charge in [0.25, 0.3) is 0 Å². The second-order valence-corrected chi connectivity index (χ2v) is 9.64. The van der Waals surface area contributed by atoms with Gasteiger partial charge in [0.2, 0.25) is 10.0 Å². The first-order chi connectivity index (χ1) is 13.4. The van der Waals surface area contributed by atoms with E-state index < -0.39 is 10.0 Å². The van der Waals surface area contributed by atoms with Gasteiger partial charge in [-0.25, -0.2) is 8.42 Å². The number of nitrogens with zero attached hydrogens (tertiary/aromatic N) is 3. The predicted molar refractivity (Wildman–Crippen MR) is 114 cm³/mol. The van der Waals surface area contributed by atoms with E-state index in [0.717, 1.165) is 50.5 Å². The molecular weight excluding hydrogens is 396 g/mol. The van der Waals surface area contributed by atoms with Gasteiger partial charge in [0, 0.05) is 52.4 Å². The normalized spacial score (nSPS) is 19.6. The standard InChI is InChI=1S/C19H30N4O3S2/c1-16-3-4-18(17(2)15-16)28(24,25)23-9-7-22(8-10-23)19(27)20-5-6-21-11-13-26-14-12-21/h3-4,15H,5-14H2,1-2H3,(H,20,27). The van der Waals surface area contributed by atoms with Gasteiger partial charge < -0.3 is 15.0 Å². The van der Waals surface area contributed by atoms with Crippen LogP contribution in [0.5, 0.6) is 0 Å². The molecule has 2 saturated heterocycles. The fourth-order valence-corrected chi connectivity index (χ4v) is 5.53. The van der Waals surface area contributed by atoms with Crippen LogP contribution in [0.2, 0.25) is 0 Å². The fraction of sp³-hybridized carbons (Fsp3) is 0.632. The van der Waals surface area contributed by atoms with Gasteiger partial charge in [0.15, 0.2) is 5.11 Å². The summed E-state index contributed by atoms with van der Waals surface area (Å²) in [7, 11) is -3.47. The van der Waals surface area contributed by atoms with Crippen molar-refractivity contribution in [3.05, 3.63) is 29.3 Å². The highest BCUT2D eigenvalue weighted by atomic mass is 32.2. The Hall–Kier alpha value is -1.26. The van der Waals surface area contributed by atoms with Crippen molar-refractivity contribution in [1.29, 1.82) is 0 Å². The van der Waals surface area contributed by atoms with Gasteiger partial charge in [-0.15, -0.1) is 0 Å². The molecular formula is C19H30N4O3S2. The number of sulfonamides is 1. The molecule has 9 heteroatoms. The molecule has 3 rings (SSSR count). The smallest absolute Gasteiger partial charge is 0.243 e. The van der Waals surface area contributed by atoms with Crippen molar-refractivity contribution in [2.24, 2.45) is 0 Å². The maximum absolute atomic E-state index is 13.0. The van der Waals surface area contributed by atoms with Crippen LogP contribution in [0.15, 0.2) is 23.1 Å². The van der Waals surface area contributed by atoms with Crippen LogP contribution in [-0.4, -0.2) is 93.2 Å². The van der Waals surface area contributed by atoms with E-state index in [4.69, 9.17) is 17.0 Å². The first kappa shape index (κ1) is 21.4. The molecule has 2 aliphatic heterocycles. The quantitative estimate of drug-likeness (QED) is 0.699. The highest BCUT2D eigenvalue weighted by Gasteiger charge is 2.30. The molecule has 0 atom stereocenters. The lowest BCUT2D eigenvalue weighted by atomic mass is 10.2. The first-order valence-electron chi connectivity index (χ1n) is 9.78. The van der Waals surface area contributed by atoms with Crippen LogP contribution in [0.3, 0.4) is 0 Å². The van der Waals surface area contributed by atoms with Crippen LogP contribution in [-0.2, 0) is 14.8 Å². The maximum Gasteiger partial charge on any atom is 0.243 e. The first-order valence-corrected chi connectivity index (χ1v) is 11.6. The average molecular weight is 427 g/mol. The van der Waals surface area contributed by atoms with Crippen molar-refractivity contribution >= 4 is 27.4 Å². The van der Waals surface area contributed by atoms with E-state index >= 15 is 0 Å². The number of nitrogens with one attached hydrogen (secondary N) is 1. The molecule has 2 aliphatic rings. The number of rotatable bonds is 5. The zero-order valence-corrected chi connectivity index (χ0v) is 18.3. The van der Waals surface area contributed by atoms with Crippen molar-refractivity contribution < 1.29 is 13.2 Å². The third-order valence-electron chi connectivity index (χ3n) is 5.28. The molecule has 1 aromatic rings. The molecule has 156 valence electrons. The topological polar surface area (TPSA) is 65.1 Å². The van der Waals surface area contributed by atoms with Gasteiger partial charge >= 0.3 is 0 Å². The lowest BCUT2D eigenvalue weighted by Gasteiger charge is -2.36. The highest BCUT2D eigenvalue weighted by molar-refractivity contribution is 7.89. The number of piperazine rings is 1. The Kier molecular flexibility index (Phi) is 7.27.